The number of amides is 3. The first-order chi connectivity index (χ1) is 19.0. The largest absolute Gasteiger partial charge is 0.493 e. The van der Waals surface area contributed by atoms with Crippen molar-refractivity contribution < 1.29 is 41.9 Å². The third kappa shape index (κ3) is 7.04. The standard InChI is InChI=1S/C27H25F3N4O6/c1-15-12-17(19-4-2-3-5-21(19)32-15)14-39-18-8-6-16(7-9-18)24(36)33-22-10-11-31-23(35)13-20(22)25(37)34-40-26(38)27(28,29)30/h2-9,12,20,22H,10-11,13-14H2,1H3,(H,31,35)(H,33,36)(H,34,37)/t20-,22+/m0/s1. The molecule has 4 rings (SSSR count). The van der Waals surface area contributed by atoms with Crippen molar-refractivity contribution in [2.75, 3.05) is 6.54 Å². The molecule has 0 saturated carbocycles. The van der Waals surface area contributed by atoms with Gasteiger partial charge in [-0.25, -0.2) is 4.79 Å². The minimum absolute atomic E-state index is 0.114. The summed E-state index contributed by atoms with van der Waals surface area (Å²) in [7, 11) is 0. The lowest BCUT2D eigenvalue weighted by Gasteiger charge is -2.24. The van der Waals surface area contributed by atoms with E-state index in [0.717, 1.165) is 22.2 Å². The van der Waals surface area contributed by atoms with Crippen molar-refractivity contribution in [2.45, 2.75) is 38.6 Å². The van der Waals surface area contributed by atoms with Crippen LogP contribution in [0.5, 0.6) is 5.75 Å². The number of para-hydroxylation sites is 1. The SMILES string of the molecule is Cc1cc(COc2ccc(C(=O)N[C@@H]3CCNC(=O)C[C@@H]3C(=O)NOC(=O)C(F)(F)F)cc2)c2ccccc2n1. The minimum Gasteiger partial charge on any atom is -0.489 e. The highest BCUT2D eigenvalue weighted by atomic mass is 19.4. The first-order valence-electron chi connectivity index (χ1n) is 12.2. The summed E-state index contributed by atoms with van der Waals surface area (Å²) in [4.78, 5) is 56.6. The zero-order valence-corrected chi connectivity index (χ0v) is 21.2. The molecule has 0 spiro atoms. The monoisotopic (exact) mass is 558 g/mol. The number of aryl methyl sites for hydroxylation is 1. The van der Waals surface area contributed by atoms with Crippen LogP contribution in [0.3, 0.4) is 0 Å². The number of hydrogen-bond donors (Lipinski definition) is 3. The number of pyridine rings is 1. The second-order valence-corrected chi connectivity index (χ2v) is 9.14. The molecule has 10 nitrogen and oxygen atoms in total. The van der Waals surface area contributed by atoms with Gasteiger partial charge in [-0.1, -0.05) is 18.2 Å². The summed E-state index contributed by atoms with van der Waals surface area (Å²) in [6.45, 7) is 2.28. The van der Waals surface area contributed by atoms with E-state index in [2.05, 4.69) is 20.5 Å². The van der Waals surface area contributed by atoms with E-state index < -0.39 is 48.2 Å². The molecule has 1 aliphatic rings. The molecule has 3 N–H and O–H groups in total. The molecule has 13 heteroatoms. The number of carbonyl (C=O) groups is 4. The topological polar surface area (TPSA) is 136 Å². The van der Waals surface area contributed by atoms with Crippen LogP contribution in [0.25, 0.3) is 10.9 Å². The van der Waals surface area contributed by atoms with Crippen molar-refractivity contribution in [3.63, 3.8) is 0 Å². The van der Waals surface area contributed by atoms with Gasteiger partial charge in [0.05, 0.1) is 11.4 Å². The van der Waals surface area contributed by atoms with Crippen molar-refractivity contribution in [1.29, 1.82) is 0 Å². The highest BCUT2D eigenvalue weighted by Crippen LogP contribution is 2.22. The summed E-state index contributed by atoms with van der Waals surface area (Å²) < 4.78 is 43.1. The number of ether oxygens (including phenoxy) is 1. The molecule has 3 aromatic rings. The van der Waals surface area contributed by atoms with Crippen LogP contribution in [0, 0.1) is 12.8 Å². The van der Waals surface area contributed by atoms with Crippen LogP contribution in [0.1, 0.15) is 34.5 Å². The first kappa shape index (κ1) is 28.3. The normalized spacial score (nSPS) is 17.4. The fourth-order valence-corrected chi connectivity index (χ4v) is 4.29. The van der Waals surface area contributed by atoms with Crippen LogP contribution < -0.4 is 20.9 Å². The molecule has 40 heavy (non-hydrogen) atoms. The van der Waals surface area contributed by atoms with Gasteiger partial charge in [0.15, 0.2) is 0 Å². The number of nitrogens with one attached hydrogen (secondary N) is 3. The molecule has 0 unspecified atom stereocenters. The Morgan fingerprint density at radius 2 is 1.82 bits per heavy atom. The van der Waals surface area contributed by atoms with Gasteiger partial charge in [-0.2, -0.15) is 18.7 Å². The lowest BCUT2D eigenvalue weighted by molar-refractivity contribution is -0.208. The summed E-state index contributed by atoms with van der Waals surface area (Å²) in [6.07, 6.45) is -5.64. The van der Waals surface area contributed by atoms with Crippen LogP contribution in [0.15, 0.2) is 54.6 Å². The molecule has 0 aliphatic carbocycles. The Morgan fingerprint density at radius 1 is 1.10 bits per heavy atom. The molecule has 1 fully saturated rings. The van der Waals surface area contributed by atoms with Crippen molar-refractivity contribution in [2.24, 2.45) is 5.92 Å². The van der Waals surface area contributed by atoms with Crippen LogP contribution >= 0.6 is 0 Å². The maximum absolute atomic E-state index is 12.9. The lowest BCUT2D eigenvalue weighted by Crippen LogP contribution is -2.48. The molecule has 1 aromatic heterocycles. The predicted octanol–water partition coefficient (Wildman–Crippen LogP) is 2.88. The third-order valence-corrected chi connectivity index (χ3v) is 6.24. The number of benzene rings is 2. The van der Waals surface area contributed by atoms with Crippen LogP contribution in [-0.2, 0) is 25.8 Å². The van der Waals surface area contributed by atoms with Gasteiger partial charge < -0.3 is 20.2 Å². The molecule has 1 aliphatic heterocycles. The van der Waals surface area contributed by atoms with E-state index in [4.69, 9.17) is 4.74 Å². The molecule has 0 radical (unpaired) electrons. The highest BCUT2D eigenvalue weighted by Gasteiger charge is 2.43. The molecule has 2 aromatic carbocycles. The fourth-order valence-electron chi connectivity index (χ4n) is 4.29. The van der Waals surface area contributed by atoms with E-state index in [-0.39, 0.29) is 25.1 Å². The van der Waals surface area contributed by atoms with E-state index in [0.29, 0.717) is 5.75 Å². The number of halogens is 3. The number of alkyl halides is 3. The number of carbonyl (C=O) groups excluding carboxylic acids is 4. The van der Waals surface area contributed by atoms with Gasteiger partial charge in [-0.3, -0.25) is 19.4 Å². The molecule has 1 saturated heterocycles. The number of hydrogen-bond acceptors (Lipinski definition) is 7. The number of nitrogens with zero attached hydrogens (tertiary/aromatic N) is 1. The van der Waals surface area contributed by atoms with Crippen molar-refractivity contribution in [3.05, 3.63) is 71.4 Å². The van der Waals surface area contributed by atoms with Crippen LogP contribution in [-0.4, -0.2) is 47.4 Å². The summed E-state index contributed by atoms with van der Waals surface area (Å²) >= 11 is 0. The summed E-state index contributed by atoms with van der Waals surface area (Å²) in [6, 6.07) is 14.9. The van der Waals surface area contributed by atoms with Gasteiger partial charge in [0.2, 0.25) is 5.91 Å². The summed E-state index contributed by atoms with van der Waals surface area (Å²) in [5, 5.41) is 6.14. The van der Waals surface area contributed by atoms with Gasteiger partial charge in [0.25, 0.3) is 11.8 Å². The highest BCUT2D eigenvalue weighted by molar-refractivity contribution is 5.95. The van der Waals surface area contributed by atoms with E-state index >= 15 is 0 Å². The smallest absolute Gasteiger partial charge is 0.489 e. The quantitative estimate of drug-likeness (QED) is 0.396. The Labute approximate surface area is 226 Å². The molecule has 210 valence electrons. The molecule has 0 bridgehead atoms. The van der Waals surface area contributed by atoms with E-state index in [1.165, 1.54) is 17.6 Å². The zero-order valence-electron chi connectivity index (χ0n) is 21.2. The van der Waals surface area contributed by atoms with Crippen molar-refractivity contribution >= 4 is 34.6 Å². The van der Waals surface area contributed by atoms with Gasteiger partial charge in [0, 0.05) is 41.2 Å². The van der Waals surface area contributed by atoms with Crippen molar-refractivity contribution in [1.82, 2.24) is 21.1 Å². The van der Waals surface area contributed by atoms with Gasteiger partial charge in [0.1, 0.15) is 12.4 Å². The van der Waals surface area contributed by atoms with E-state index in [1.54, 1.807) is 12.1 Å². The third-order valence-electron chi connectivity index (χ3n) is 6.24. The van der Waals surface area contributed by atoms with Crippen molar-refractivity contribution in [3.8, 4) is 5.75 Å². The minimum atomic E-state index is -5.32. The average Bonchev–Trinajstić information content (AvgIpc) is 3.10. The van der Waals surface area contributed by atoms with E-state index in [1.807, 2.05) is 37.3 Å². The maximum atomic E-state index is 12.9. The van der Waals surface area contributed by atoms with Gasteiger partial charge in [-0.15, -0.1) is 0 Å². The Balaban J connectivity index is 1.39. The fraction of sp³-hybridized carbons (Fsp3) is 0.296. The molecular formula is C27H25F3N4O6. The summed E-state index contributed by atoms with van der Waals surface area (Å²) in [5.74, 6) is -5.67. The molecule has 2 atom stereocenters. The number of aromatic nitrogens is 1. The predicted molar refractivity (Wildman–Crippen MR) is 135 cm³/mol. The maximum Gasteiger partial charge on any atom is 0.493 e. The van der Waals surface area contributed by atoms with Crippen LogP contribution in [0.2, 0.25) is 0 Å². The Morgan fingerprint density at radius 3 is 2.55 bits per heavy atom. The molecule has 3 amide bonds. The number of rotatable bonds is 6. The number of fused-ring (bicyclic) bond motifs is 1. The van der Waals surface area contributed by atoms with Gasteiger partial charge >= 0.3 is 12.1 Å². The first-order valence-corrected chi connectivity index (χ1v) is 12.2. The second-order valence-electron chi connectivity index (χ2n) is 9.14. The second kappa shape index (κ2) is 12.0. The zero-order chi connectivity index (χ0) is 28.9. The van der Waals surface area contributed by atoms with E-state index in [9.17, 15) is 32.3 Å². The Hall–Kier alpha value is -4.68. The van der Waals surface area contributed by atoms with Crippen LogP contribution in [0.4, 0.5) is 13.2 Å². The Kier molecular flexibility index (Phi) is 8.51. The summed E-state index contributed by atoms with van der Waals surface area (Å²) in [5.41, 5.74) is 4.32. The lowest BCUT2D eigenvalue weighted by atomic mass is 9.93. The van der Waals surface area contributed by atoms with Gasteiger partial charge in [-0.05, 0) is 49.7 Å². The average molecular weight is 559 g/mol. The Bertz CT molecular complexity index is 1430. The molecular weight excluding hydrogens is 533 g/mol. The number of hydroxylamine groups is 1. The molecule has 2 heterocycles.